The summed E-state index contributed by atoms with van der Waals surface area (Å²) in [6.45, 7) is 0.219. The van der Waals surface area contributed by atoms with Gasteiger partial charge in [0, 0.05) is 11.1 Å². The quantitative estimate of drug-likeness (QED) is 0.398. The minimum Gasteiger partial charge on any atom is -0.492 e. The number of carboxylic acid groups (broad SMARTS) is 1. The van der Waals surface area contributed by atoms with Gasteiger partial charge in [0.2, 0.25) is 5.82 Å². The summed E-state index contributed by atoms with van der Waals surface area (Å²) >= 11 is 6.50. The maximum absolute atomic E-state index is 14.7. The van der Waals surface area contributed by atoms with Crippen LogP contribution in [0.1, 0.15) is 53.9 Å². The largest absolute Gasteiger partial charge is 0.492 e. The number of ether oxygens (including phenoxy) is 2. The van der Waals surface area contributed by atoms with E-state index in [0.29, 0.717) is 12.1 Å². The summed E-state index contributed by atoms with van der Waals surface area (Å²) in [4.78, 5) is 11.6. The van der Waals surface area contributed by atoms with Gasteiger partial charge in [0.15, 0.2) is 5.82 Å². The Kier molecular flexibility index (Phi) is 7.14. The maximum atomic E-state index is 14.7. The highest BCUT2D eigenvalue weighted by Crippen LogP contribution is 2.47. The highest BCUT2D eigenvalue weighted by molar-refractivity contribution is 6.32. The summed E-state index contributed by atoms with van der Waals surface area (Å²) in [6.07, 6.45) is -8.59. The van der Waals surface area contributed by atoms with Crippen LogP contribution in [0, 0.1) is 0 Å². The average molecular weight is 548 g/mol. The van der Waals surface area contributed by atoms with Gasteiger partial charge in [-0.2, -0.15) is 22.0 Å². The number of aromatic nitrogens is 3. The van der Waals surface area contributed by atoms with Gasteiger partial charge in [0.05, 0.1) is 29.3 Å². The third kappa shape index (κ3) is 4.98. The summed E-state index contributed by atoms with van der Waals surface area (Å²) in [5, 5.41) is 25.8. The Labute approximate surface area is 211 Å². The molecule has 4 rings (SSSR count). The first kappa shape index (κ1) is 26.8. The van der Waals surface area contributed by atoms with Gasteiger partial charge in [0.1, 0.15) is 24.6 Å². The van der Waals surface area contributed by atoms with Crippen LogP contribution in [0.4, 0.5) is 22.0 Å². The third-order valence-electron chi connectivity index (χ3n) is 5.62. The van der Waals surface area contributed by atoms with Gasteiger partial charge in [-0.3, -0.25) is 9.36 Å². The molecule has 198 valence electrons. The Morgan fingerprint density at radius 3 is 2.51 bits per heavy atom. The standard InChI is InChI=1S/C23H19ClF5N3O5/c1-2-36-15-5-3-4-12(18(15)24)19-13-8-11(23(27,28)29)6-7-14(13)32-20(16(37-19)9-17(34)35)30-31-21(32)22(25,26)10-33/h3-8,16,19,33H,2,9-10H2,1H3,(H,34,35)/t16-,19-/m1/s1. The van der Waals surface area contributed by atoms with Gasteiger partial charge < -0.3 is 19.7 Å². The number of rotatable bonds is 7. The number of aliphatic hydroxyl groups excluding tert-OH is 1. The molecule has 8 nitrogen and oxygen atoms in total. The number of aliphatic carboxylic acids is 1. The fourth-order valence-corrected chi connectivity index (χ4v) is 4.31. The molecular formula is C23H19ClF5N3O5. The molecule has 14 heteroatoms. The molecule has 2 heterocycles. The first-order valence-corrected chi connectivity index (χ1v) is 11.2. The lowest BCUT2D eigenvalue weighted by Crippen LogP contribution is -2.25. The fraction of sp³-hybridized carbons (Fsp3) is 0.348. The number of fused-ring (bicyclic) bond motifs is 3. The second-order valence-corrected chi connectivity index (χ2v) is 8.42. The number of halogens is 6. The predicted octanol–water partition coefficient (Wildman–Crippen LogP) is 5.06. The summed E-state index contributed by atoms with van der Waals surface area (Å²) in [6, 6.07) is 6.77. The van der Waals surface area contributed by atoms with Crippen molar-refractivity contribution in [2.45, 2.75) is 37.7 Å². The maximum Gasteiger partial charge on any atom is 0.416 e. The number of aliphatic hydroxyl groups is 1. The number of hydrogen-bond donors (Lipinski definition) is 2. The van der Waals surface area contributed by atoms with Crippen molar-refractivity contribution in [3.05, 3.63) is 69.8 Å². The van der Waals surface area contributed by atoms with E-state index in [1.54, 1.807) is 6.92 Å². The smallest absolute Gasteiger partial charge is 0.416 e. The van der Waals surface area contributed by atoms with Crippen molar-refractivity contribution < 1.29 is 46.4 Å². The molecule has 2 atom stereocenters. The summed E-state index contributed by atoms with van der Waals surface area (Å²) in [5.74, 6) is -6.67. The second-order valence-electron chi connectivity index (χ2n) is 8.05. The molecule has 3 aromatic rings. The number of benzene rings is 2. The Hall–Kier alpha value is -3.29. The Morgan fingerprint density at radius 1 is 1.16 bits per heavy atom. The van der Waals surface area contributed by atoms with Crippen molar-refractivity contribution in [2.24, 2.45) is 0 Å². The molecule has 0 aliphatic carbocycles. The fourth-order valence-electron chi connectivity index (χ4n) is 4.03. The Bertz CT molecular complexity index is 1330. The van der Waals surface area contributed by atoms with Crippen molar-refractivity contribution in [3.8, 4) is 11.4 Å². The molecule has 0 radical (unpaired) electrons. The van der Waals surface area contributed by atoms with E-state index in [2.05, 4.69) is 10.2 Å². The molecule has 0 amide bonds. The lowest BCUT2D eigenvalue weighted by Gasteiger charge is -2.24. The van der Waals surface area contributed by atoms with E-state index < -0.39 is 60.5 Å². The molecule has 37 heavy (non-hydrogen) atoms. The molecule has 0 saturated heterocycles. The van der Waals surface area contributed by atoms with E-state index in [0.717, 1.165) is 10.6 Å². The van der Waals surface area contributed by atoms with Crippen molar-refractivity contribution in [2.75, 3.05) is 13.2 Å². The van der Waals surface area contributed by atoms with E-state index in [4.69, 9.17) is 21.1 Å². The van der Waals surface area contributed by atoms with Gasteiger partial charge in [0.25, 0.3) is 0 Å². The monoisotopic (exact) mass is 547 g/mol. The van der Waals surface area contributed by atoms with Crippen molar-refractivity contribution >= 4 is 17.6 Å². The van der Waals surface area contributed by atoms with Crippen molar-refractivity contribution in [1.29, 1.82) is 0 Å². The van der Waals surface area contributed by atoms with Crippen molar-refractivity contribution in [3.63, 3.8) is 0 Å². The first-order chi connectivity index (χ1) is 17.4. The highest BCUT2D eigenvalue weighted by atomic mass is 35.5. The normalized spacial score (nSPS) is 17.6. The zero-order valence-corrected chi connectivity index (χ0v) is 19.7. The van der Waals surface area contributed by atoms with Crippen LogP contribution >= 0.6 is 11.6 Å². The summed E-state index contributed by atoms with van der Waals surface area (Å²) in [5.41, 5.74) is -1.49. The zero-order valence-electron chi connectivity index (χ0n) is 19.0. The highest BCUT2D eigenvalue weighted by Gasteiger charge is 2.44. The summed E-state index contributed by atoms with van der Waals surface area (Å²) < 4.78 is 82.6. The minimum absolute atomic E-state index is 0.0228. The number of carbonyl (C=O) groups is 1. The average Bonchev–Trinajstić information content (AvgIpc) is 3.23. The Morgan fingerprint density at radius 2 is 1.89 bits per heavy atom. The minimum atomic E-state index is -4.81. The predicted molar refractivity (Wildman–Crippen MR) is 118 cm³/mol. The molecular weight excluding hydrogens is 529 g/mol. The van der Waals surface area contributed by atoms with Crippen LogP contribution in [-0.4, -0.2) is 44.2 Å². The number of alkyl halides is 5. The van der Waals surface area contributed by atoms with Crippen LogP contribution < -0.4 is 4.74 Å². The molecule has 0 saturated carbocycles. The van der Waals surface area contributed by atoms with Gasteiger partial charge in [-0.1, -0.05) is 23.7 Å². The van der Waals surface area contributed by atoms with Crippen molar-refractivity contribution in [1.82, 2.24) is 14.8 Å². The van der Waals surface area contributed by atoms with E-state index in [1.165, 1.54) is 18.2 Å². The summed E-state index contributed by atoms with van der Waals surface area (Å²) in [7, 11) is 0. The van der Waals surface area contributed by atoms with Crippen LogP contribution in [0.2, 0.25) is 5.02 Å². The van der Waals surface area contributed by atoms with Gasteiger partial charge >= 0.3 is 18.1 Å². The molecule has 1 aromatic heterocycles. The molecule has 0 unspecified atom stereocenters. The third-order valence-corrected chi connectivity index (χ3v) is 6.02. The van der Waals surface area contributed by atoms with Gasteiger partial charge in [-0.15, -0.1) is 10.2 Å². The Balaban J connectivity index is 2.06. The van der Waals surface area contributed by atoms with Crippen LogP contribution in [-0.2, 0) is 21.6 Å². The van der Waals surface area contributed by atoms with Crippen LogP contribution in [0.5, 0.6) is 5.75 Å². The molecule has 2 aromatic carbocycles. The topological polar surface area (TPSA) is 107 Å². The molecule has 0 bridgehead atoms. The van der Waals surface area contributed by atoms with E-state index in [1.807, 2.05) is 0 Å². The first-order valence-electron chi connectivity index (χ1n) is 10.8. The van der Waals surface area contributed by atoms with Gasteiger partial charge in [-0.25, -0.2) is 0 Å². The zero-order chi connectivity index (χ0) is 27.1. The molecule has 0 spiro atoms. The SMILES string of the molecule is CCOc1cccc([C@H]2O[C@H](CC(=O)O)c3nnc(C(F)(F)CO)n3-c3ccc(C(F)(F)F)cc32)c1Cl. The number of nitrogens with zero attached hydrogens (tertiary/aromatic N) is 3. The van der Waals surface area contributed by atoms with Crippen LogP contribution in [0.3, 0.4) is 0 Å². The molecule has 0 fully saturated rings. The molecule has 2 N–H and O–H groups in total. The second kappa shape index (κ2) is 9.88. The lowest BCUT2D eigenvalue weighted by atomic mass is 9.96. The van der Waals surface area contributed by atoms with E-state index in [-0.39, 0.29) is 34.2 Å². The lowest BCUT2D eigenvalue weighted by molar-refractivity contribution is -0.141. The van der Waals surface area contributed by atoms with E-state index in [9.17, 15) is 37.0 Å². The number of hydrogen-bond acceptors (Lipinski definition) is 6. The van der Waals surface area contributed by atoms with Crippen LogP contribution in [0.25, 0.3) is 5.69 Å². The molecule has 1 aliphatic heterocycles. The molecule has 1 aliphatic rings. The van der Waals surface area contributed by atoms with Gasteiger partial charge in [-0.05, 0) is 31.2 Å². The van der Waals surface area contributed by atoms with E-state index >= 15 is 0 Å². The van der Waals surface area contributed by atoms with Crippen LogP contribution in [0.15, 0.2) is 36.4 Å². The number of carboxylic acids is 1.